The molecule has 3 unspecified atom stereocenters. The lowest BCUT2D eigenvalue weighted by molar-refractivity contribution is 0.0373. The molecule has 1 aromatic rings. The zero-order chi connectivity index (χ0) is 15.5. The van der Waals surface area contributed by atoms with Gasteiger partial charge in [-0.25, -0.2) is 4.98 Å². The minimum Gasteiger partial charge on any atom is -0.384 e. The summed E-state index contributed by atoms with van der Waals surface area (Å²) in [5.74, 6) is 7.24. The van der Waals surface area contributed by atoms with E-state index in [4.69, 9.17) is 11.6 Å². The first-order valence-electron chi connectivity index (χ1n) is 7.82. The molecule has 1 aliphatic rings. The van der Waals surface area contributed by atoms with Crippen molar-refractivity contribution < 1.29 is 0 Å². The summed E-state index contributed by atoms with van der Waals surface area (Å²) in [6.45, 7) is 2.34. The summed E-state index contributed by atoms with van der Waals surface area (Å²) in [6.07, 6.45) is 7.57. The zero-order valence-electron chi connectivity index (χ0n) is 13.5. The van der Waals surface area contributed by atoms with Crippen LogP contribution >= 0.6 is 0 Å². The molecule has 0 aromatic carbocycles. The first-order chi connectivity index (χ1) is 9.98. The van der Waals surface area contributed by atoms with Crippen LogP contribution < -0.4 is 17.0 Å². The Hall–Kier alpha value is -1.17. The van der Waals surface area contributed by atoms with Crippen molar-refractivity contribution in [3.63, 3.8) is 0 Å². The van der Waals surface area contributed by atoms with Gasteiger partial charge in [-0.05, 0) is 57.0 Å². The molecule has 0 bridgehead atoms. The van der Waals surface area contributed by atoms with Crippen molar-refractivity contribution in [1.82, 2.24) is 15.3 Å². The third kappa shape index (κ3) is 3.54. The van der Waals surface area contributed by atoms with Crippen LogP contribution in [0.5, 0.6) is 0 Å². The maximum absolute atomic E-state index is 5.93. The molecular weight excluding hydrogens is 262 g/mol. The van der Waals surface area contributed by atoms with Crippen molar-refractivity contribution in [2.24, 2.45) is 11.8 Å². The third-order valence-electron chi connectivity index (χ3n) is 5.03. The number of aromatic nitrogens is 1. The Bertz CT molecular complexity index is 462. The number of hydrogen-bond donors (Lipinski definition) is 3. The van der Waals surface area contributed by atoms with Crippen molar-refractivity contribution in [1.29, 1.82) is 0 Å². The van der Waals surface area contributed by atoms with Crippen LogP contribution in [0.15, 0.2) is 18.3 Å². The molecule has 5 heteroatoms. The fourth-order valence-electron chi connectivity index (χ4n) is 3.86. The highest BCUT2D eigenvalue weighted by molar-refractivity contribution is 5.32. The van der Waals surface area contributed by atoms with E-state index >= 15 is 0 Å². The predicted molar refractivity (Wildman–Crippen MR) is 87.5 cm³/mol. The van der Waals surface area contributed by atoms with Crippen LogP contribution in [-0.2, 0) is 6.42 Å². The molecule has 5 nitrogen and oxygen atoms in total. The van der Waals surface area contributed by atoms with E-state index in [1.54, 1.807) is 6.20 Å². The van der Waals surface area contributed by atoms with Crippen molar-refractivity contribution in [3.05, 3.63) is 23.9 Å². The van der Waals surface area contributed by atoms with Crippen LogP contribution in [0.25, 0.3) is 0 Å². The quantitative estimate of drug-likeness (QED) is 0.566. The molecule has 1 aliphatic carbocycles. The number of hydrogen-bond acceptors (Lipinski definition) is 5. The fourth-order valence-corrected chi connectivity index (χ4v) is 3.86. The zero-order valence-corrected chi connectivity index (χ0v) is 13.5. The number of nitrogens with one attached hydrogen (secondary N) is 1. The maximum Gasteiger partial charge on any atom is 0.123 e. The van der Waals surface area contributed by atoms with E-state index in [0.29, 0.717) is 5.82 Å². The minimum absolute atomic E-state index is 0.102. The van der Waals surface area contributed by atoms with Crippen LogP contribution in [0.2, 0.25) is 0 Å². The second-order valence-electron chi connectivity index (χ2n) is 6.71. The minimum atomic E-state index is 0.102. The van der Waals surface area contributed by atoms with Crippen LogP contribution in [0, 0.1) is 5.92 Å². The summed E-state index contributed by atoms with van der Waals surface area (Å²) in [4.78, 5) is 6.42. The first kappa shape index (κ1) is 16.2. The second-order valence-corrected chi connectivity index (χ2v) is 6.71. The maximum atomic E-state index is 5.93. The molecule has 3 atom stereocenters. The summed E-state index contributed by atoms with van der Waals surface area (Å²) in [7, 11) is 4.34. The molecule has 0 spiro atoms. The van der Waals surface area contributed by atoms with Crippen molar-refractivity contribution in [3.8, 4) is 0 Å². The predicted octanol–water partition coefficient (Wildman–Crippen LogP) is 1.55. The molecule has 5 N–H and O–H groups in total. The van der Waals surface area contributed by atoms with E-state index in [2.05, 4.69) is 36.3 Å². The average molecular weight is 291 g/mol. The lowest BCUT2D eigenvalue weighted by Gasteiger charge is -2.50. The molecule has 0 amide bonds. The molecule has 1 heterocycles. The van der Waals surface area contributed by atoms with Gasteiger partial charge < -0.3 is 10.6 Å². The molecule has 0 radical (unpaired) electrons. The van der Waals surface area contributed by atoms with Crippen LogP contribution in [0.3, 0.4) is 0 Å². The van der Waals surface area contributed by atoms with Gasteiger partial charge in [0.2, 0.25) is 0 Å². The Kier molecular flexibility index (Phi) is 5.19. The van der Waals surface area contributed by atoms with Crippen molar-refractivity contribution in [2.75, 3.05) is 19.8 Å². The summed E-state index contributed by atoms with van der Waals surface area (Å²) < 4.78 is 0. The summed E-state index contributed by atoms with van der Waals surface area (Å²) in [6, 6.07) is 4.17. The smallest absolute Gasteiger partial charge is 0.123 e. The second kappa shape index (κ2) is 6.73. The summed E-state index contributed by atoms with van der Waals surface area (Å²) in [5, 5.41) is 0. The Morgan fingerprint density at radius 2 is 2.29 bits per heavy atom. The van der Waals surface area contributed by atoms with E-state index < -0.39 is 0 Å². The monoisotopic (exact) mass is 291 g/mol. The highest BCUT2D eigenvalue weighted by atomic mass is 15.3. The highest BCUT2D eigenvalue weighted by Gasteiger charge is 2.43. The van der Waals surface area contributed by atoms with E-state index in [-0.39, 0.29) is 11.6 Å². The number of rotatable bonds is 5. The Balaban J connectivity index is 2.23. The Labute approximate surface area is 128 Å². The van der Waals surface area contributed by atoms with Gasteiger partial charge in [0.15, 0.2) is 0 Å². The molecule has 2 rings (SSSR count). The number of pyridine rings is 1. The SMILES string of the molecule is CC1CCCC(C(Cc2ccnc(N)c2)NN)(N(C)C)C1. The number of nitrogen functional groups attached to an aromatic ring is 1. The van der Waals surface area contributed by atoms with E-state index in [0.717, 1.165) is 12.3 Å². The van der Waals surface area contributed by atoms with Crippen LogP contribution in [-0.4, -0.2) is 35.6 Å². The topological polar surface area (TPSA) is 80.2 Å². The molecule has 0 saturated heterocycles. The van der Waals surface area contributed by atoms with Gasteiger partial charge in [-0.1, -0.05) is 19.8 Å². The fraction of sp³-hybridized carbons (Fsp3) is 0.688. The third-order valence-corrected chi connectivity index (χ3v) is 5.03. The number of nitrogens with zero attached hydrogens (tertiary/aromatic N) is 2. The van der Waals surface area contributed by atoms with Crippen LogP contribution in [0.4, 0.5) is 5.82 Å². The van der Waals surface area contributed by atoms with Gasteiger partial charge in [0, 0.05) is 17.8 Å². The van der Waals surface area contributed by atoms with Gasteiger partial charge in [0.1, 0.15) is 5.82 Å². The largest absolute Gasteiger partial charge is 0.384 e. The van der Waals surface area contributed by atoms with Gasteiger partial charge in [-0.3, -0.25) is 11.3 Å². The molecule has 118 valence electrons. The molecule has 1 fully saturated rings. The van der Waals surface area contributed by atoms with E-state index in [1.807, 2.05) is 12.1 Å². The molecule has 1 saturated carbocycles. The van der Waals surface area contributed by atoms with Gasteiger partial charge in [0.05, 0.1) is 0 Å². The van der Waals surface area contributed by atoms with Crippen molar-refractivity contribution >= 4 is 5.82 Å². The molecule has 21 heavy (non-hydrogen) atoms. The van der Waals surface area contributed by atoms with Crippen LogP contribution in [0.1, 0.15) is 38.2 Å². The van der Waals surface area contributed by atoms with Gasteiger partial charge >= 0.3 is 0 Å². The lowest BCUT2D eigenvalue weighted by Crippen LogP contribution is -2.63. The normalized spacial score (nSPS) is 27.8. The van der Waals surface area contributed by atoms with E-state index in [1.165, 1.54) is 31.2 Å². The molecular formula is C16H29N5. The van der Waals surface area contributed by atoms with Gasteiger partial charge in [-0.15, -0.1) is 0 Å². The van der Waals surface area contributed by atoms with Crippen molar-refractivity contribution in [2.45, 2.75) is 50.6 Å². The number of hydrazine groups is 1. The molecule has 1 aromatic heterocycles. The standard InChI is InChI=1S/C16H29N5/c1-12-5-4-7-16(11-12,21(2)3)14(20-18)9-13-6-8-19-15(17)10-13/h6,8,10,12,14,20H,4-5,7,9,11,18H2,1-3H3,(H2,17,19). The number of anilines is 1. The van der Waals surface area contributed by atoms with Gasteiger partial charge in [-0.2, -0.15) is 0 Å². The average Bonchev–Trinajstić information content (AvgIpc) is 2.44. The Morgan fingerprint density at radius 3 is 2.86 bits per heavy atom. The number of likely N-dealkylation sites (N-methyl/N-ethyl adjacent to an activating group) is 1. The Morgan fingerprint density at radius 1 is 1.52 bits per heavy atom. The van der Waals surface area contributed by atoms with E-state index in [9.17, 15) is 0 Å². The highest BCUT2D eigenvalue weighted by Crippen LogP contribution is 2.39. The molecule has 0 aliphatic heterocycles. The first-order valence-corrected chi connectivity index (χ1v) is 7.82. The lowest BCUT2D eigenvalue weighted by atomic mass is 9.70. The number of nitrogens with two attached hydrogens (primary N) is 2. The summed E-state index contributed by atoms with van der Waals surface area (Å²) in [5.41, 5.74) is 10.2. The van der Waals surface area contributed by atoms with Gasteiger partial charge in [0.25, 0.3) is 0 Å². The summed E-state index contributed by atoms with van der Waals surface area (Å²) >= 11 is 0.